The van der Waals surface area contributed by atoms with Crippen LogP contribution in [0.1, 0.15) is 23.2 Å². The maximum Gasteiger partial charge on any atom is 0.296 e. The Balaban J connectivity index is 1.91. The molecule has 1 saturated heterocycles. The molecule has 0 aromatic heterocycles. The second kappa shape index (κ2) is 5.11. The lowest BCUT2D eigenvalue weighted by atomic mass is 10.0. The predicted octanol–water partition coefficient (Wildman–Crippen LogP) is 1.49. The molecule has 6 heteroatoms. The zero-order valence-corrected chi connectivity index (χ0v) is 12.1. The quantitative estimate of drug-likeness (QED) is 0.839. The van der Waals surface area contributed by atoms with E-state index in [1.54, 1.807) is 6.07 Å². The summed E-state index contributed by atoms with van der Waals surface area (Å²) in [6, 6.07) is 3.12. The Kier molecular flexibility index (Phi) is 3.41. The first-order chi connectivity index (χ1) is 9.97. The number of hydrogen-bond donors (Lipinski definition) is 1. The van der Waals surface area contributed by atoms with Crippen LogP contribution in [0.5, 0.6) is 0 Å². The monoisotopic (exact) mass is 291 g/mol. The van der Waals surface area contributed by atoms with Crippen LogP contribution in [0.25, 0.3) is 0 Å². The van der Waals surface area contributed by atoms with Crippen molar-refractivity contribution < 1.29 is 14.0 Å². The lowest BCUT2D eigenvalue weighted by Gasteiger charge is -2.37. The van der Waals surface area contributed by atoms with E-state index in [0.717, 1.165) is 25.9 Å². The standard InChI is InChI=1S/C15H18FN3O2/c1-18(2)9-4-3-5-19(8-9)13-7-12-10(6-11(13)16)14(20)15(21)17-12/h6-7,9H,3-5,8H2,1-2H3,(H,17,20,21). The summed E-state index contributed by atoms with van der Waals surface area (Å²) in [6.07, 6.45) is 2.08. The molecule has 2 aliphatic rings. The SMILES string of the molecule is CN(C)C1CCCN(c2cc3c(cc2F)C(=O)C(=O)N3)C1. The van der Waals surface area contributed by atoms with Gasteiger partial charge in [-0.25, -0.2) is 4.39 Å². The van der Waals surface area contributed by atoms with Crippen LogP contribution in [0.15, 0.2) is 12.1 Å². The average Bonchev–Trinajstić information content (AvgIpc) is 2.73. The number of hydrogen-bond acceptors (Lipinski definition) is 4. The van der Waals surface area contributed by atoms with Gasteiger partial charge in [-0.15, -0.1) is 0 Å². The second-order valence-corrected chi connectivity index (χ2v) is 5.84. The molecule has 3 rings (SSSR count). The summed E-state index contributed by atoms with van der Waals surface area (Å²) >= 11 is 0. The third kappa shape index (κ3) is 2.40. The molecular formula is C15H18FN3O2. The van der Waals surface area contributed by atoms with Crippen molar-refractivity contribution in [1.29, 1.82) is 0 Å². The van der Waals surface area contributed by atoms with E-state index in [1.165, 1.54) is 6.07 Å². The van der Waals surface area contributed by atoms with Gasteiger partial charge >= 0.3 is 0 Å². The van der Waals surface area contributed by atoms with Crippen molar-refractivity contribution in [1.82, 2.24) is 4.90 Å². The number of nitrogens with one attached hydrogen (secondary N) is 1. The minimum atomic E-state index is -0.689. The number of ketones is 1. The van der Waals surface area contributed by atoms with E-state index in [1.807, 2.05) is 19.0 Å². The van der Waals surface area contributed by atoms with Gasteiger partial charge in [0.25, 0.3) is 11.7 Å². The van der Waals surface area contributed by atoms with Gasteiger partial charge in [0.15, 0.2) is 0 Å². The number of Topliss-reactive ketones (excluding diaryl/α,β-unsaturated/α-hetero) is 1. The van der Waals surface area contributed by atoms with Crippen LogP contribution in [0.3, 0.4) is 0 Å². The number of amides is 1. The highest BCUT2D eigenvalue weighted by Gasteiger charge is 2.31. The molecule has 0 aliphatic carbocycles. The van der Waals surface area contributed by atoms with Crippen LogP contribution in [-0.4, -0.2) is 49.8 Å². The molecule has 0 radical (unpaired) electrons. The van der Waals surface area contributed by atoms with Crippen molar-refractivity contribution in [3.8, 4) is 0 Å². The first-order valence-corrected chi connectivity index (χ1v) is 7.08. The number of likely N-dealkylation sites (N-methyl/N-ethyl adjacent to an activating group) is 1. The van der Waals surface area contributed by atoms with E-state index >= 15 is 0 Å². The van der Waals surface area contributed by atoms with E-state index in [2.05, 4.69) is 10.2 Å². The van der Waals surface area contributed by atoms with Crippen LogP contribution in [0.2, 0.25) is 0 Å². The van der Waals surface area contributed by atoms with Crippen molar-refractivity contribution in [2.24, 2.45) is 0 Å². The molecule has 2 heterocycles. The first-order valence-electron chi connectivity index (χ1n) is 7.08. The topological polar surface area (TPSA) is 52.7 Å². The number of carbonyl (C=O) groups is 2. The van der Waals surface area contributed by atoms with Gasteiger partial charge in [0, 0.05) is 19.1 Å². The molecule has 0 saturated carbocycles. The molecule has 1 amide bonds. The van der Waals surface area contributed by atoms with Gasteiger partial charge in [0.05, 0.1) is 16.9 Å². The smallest absolute Gasteiger partial charge is 0.296 e. The third-order valence-electron chi connectivity index (χ3n) is 4.25. The Morgan fingerprint density at radius 1 is 1.33 bits per heavy atom. The predicted molar refractivity (Wildman–Crippen MR) is 78.3 cm³/mol. The van der Waals surface area contributed by atoms with Gasteiger partial charge in [-0.1, -0.05) is 0 Å². The maximum atomic E-state index is 14.3. The largest absolute Gasteiger partial charge is 0.368 e. The van der Waals surface area contributed by atoms with Crippen molar-refractivity contribution in [2.45, 2.75) is 18.9 Å². The highest BCUT2D eigenvalue weighted by atomic mass is 19.1. The van der Waals surface area contributed by atoms with Crippen LogP contribution < -0.4 is 10.2 Å². The molecule has 112 valence electrons. The van der Waals surface area contributed by atoms with E-state index in [4.69, 9.17) is 0 Å². The second-order valence-electron chi connectivity index (χ2n) is 5.84. The molecule has 2 aliphatic heterocycles. The van der Waals surface area contributed by atoms with Gasteiger partial charge in [0.1, 0.15) is 5.82 Å². The maximum absolute atomic E-state index is 14.3. The van der Waals surface area contributed by atoms with Crippen LogP contribution in [-0.2, 0) is 4.79 Å². The van der Waals surface area contributed by atoms with Crippen molar-refractivity contribution in [3.05, 3.63) is 23.5 Å². The number of benzene rings is 1. The van der Waals surface area contributed by atoms with Crippen molar-refractivity contribution >= 4 is 23.1 Å². The van der Waals surface area contributed by atoms with Gasteiger partial charge in [-0.3, -0.25) is 9.59 Å². The molecule has 0 bridgehead atoms. The number of piperidine rings is 1. The lowest BCUT2D eigenvalue weighted by molar-refractivity contribution is -0.112. The number of rotatable bonds is 2. The number of carbonyl (C=O) groups excluding carboxylic acids is 2. The van der Waals surface area contributed by atoms with Gasteiger partial charge in [0.2, 0.25) is 0 Å². The fraction of sp³-hybridized carbons (Fsp3) is 0.467. The highest BCUT2D eigenvalue weighted by Crippen LogP contribution is 2.32. The van der Waals surface area contributed by atoms with E-state index in [-0.39, 0.29) is 5.56 Å². The summed E-state index contributed by atoms with van der Waals surface area (Å²) in [6.45, 7) is 1.52. The molecule has 1 atom stereocenters. The first kappa shape index (κ1) is 14.0. The molecule has 1 aromatic carbocycles. The summed E-state index contributed by atoms with van der Waals surface area (Å²) in [5.41, 5.74) is 0.992. The third-order valence-corrected chi connectivity index (χ3v) is 4.25. The number of nitrogens with zero attached hydrogens (tertiary/aromatic N) is 2. The Morgan fingerprint density at radius 2 is 2.10 bits per heavy atom. The summed E-state index contributed by atoms with van der Waals surface area (Å²) in [7, 11) is 4.04. The summed E-state index contributed by atoms with van der Waals surface area (Å²) in [4.78, 5) is 27.1. The van der Waals surface area contributed by atoms with Gasteiger partial charge in [-0.05, 0) is 39.1 Å². The molecule has 5 nitrogen and oxygen atoms in total. The van der Waals surface area contributed by atoms with Gasteiger partial charge in [-0.2, -0.15) is 0 Å². The van der Waals surface area contributed by atoms with E-state index < -0.39 is 17.5 Å². The molecule has 0 spiro atoms. The molecule has 1 aromatic rings. The minimum absolute atomic E-state index is 0.127. The van der Waals surface area contributed by atoms with Crippen molar-refractivity contribution in [2.75, 3.05) is 37.4 Å². The fourth-order valence-electron chi connectivity index (χ4n) is 2.99. The normalized spacial score (nSPS) is 21.7. The molecule has 21 heavy (non-hydrogen) atoms. The Bertz CT molecular complexity index is 615. The van der Waals surface area contributed by atoms with Crippen LogP contribution in [0, 0.1) is 5.82 Å². The lowest BCUT2D eigenvalue weighted by Crippen LogP contribution is -2.45. The van der Waals surface area contributed by atoms with Crippen molar-refractivity contribution in [3.63, 3.8) is 0 Å². The Morgan fingerprint density at radius 3 is 2.81 bits per heavy atom. The van der Waals surface area contributed by atoms with Crippen LogP contribution >= 0.6 is 0 Å². The fourth-order valence-corrected chi connectivity index (χ4v) is 2.99. The molecular weight excluding hydrogens is 273 g/mol. The summed E-state index contributed by atoms with van der Waals surface area (Å²) in [5, 5.41) is 2.50. The summed E-state index contributed by atoms with van der Waals surface area (Å²) < 4.78 is 14.3. The van der Waals surface area contributed by atoms with Crippen LogP contribution in [0.4, 0.5) is 15.8 Å². The zero-order chi connectivity index (χ0) is 15.1. The zero-order valence-electron chi connectivity index (χ0n) is 12.1. The minimum Gasteiger partial charge on any atom is -0.368 e. The summed E-state index contributed by atoms with van der Waals surface area (Å²) in [5.74, 6) is -1.80. The number of fused-ring (bicyclic) bond motifs is 1. The molecule has 1 fully saturated rings. The Hall–Kier alpha value is -1.95. The van der Waals surface area contributed by atoms with E-state index in [9.17, 15) is 14.0 Å². The highest BCUT2D eigenvalue weighted by molar-refractivity contribution is 6.51. The van der Waals surface area contributed by atoms with Gasteiger partial charge < -0.3 is 15.1 Å². The molecule has 1 unspecified atom stereocenters. The average molecular weight is 291 g/mol. The number of anilines is 2. The molecule has 1 N–H and O–H groups in total. The number of halogens is 1. The Labute approximate surface area is 122 Å². The van der Waals surface area contributed by atoms with E-state index in [0.29, 0.717) is 17.4 Å².